The third-order valence-electron chi connectivity index (χ3n) is 3.64. The Morgan fingerprint density at radius 1 is 1.22 bits per heavy atom. The molecule has 0 fully saturated rings. The highest BCUT2D eigenvalue weighted by molar-refractivity contribution is 7.92. The molecule has 0 aliphatic carbocycles. The van der Waals surface area contributed by atoms with E-state index in [4.69, 9.17) is 9.47 Å². The molecule has 0 aliphatic heterocycles. The van der Waals surface area contributed by atoms with E-state index < -0.39 is 27.3 Å². The number of pyridine rings is 1. The third-order valence-corrected chi connectivity index (χ3v) is 4.68. The molecule has 0 bridgehead atoms. The Morgan fingerprint density at radius 2 is 1.78 bits per heavy atom. The van der Waals surface area contributed by atoms with Gasteiger partial charge in [0.1, 0.15) is 5.69 Å². The zero-order valence-electron chi connectivity index (χ0n) is 14.6. The van der Waals surface area contributed by atoms with Crippen LogP contribution in [-0.2, 0) is 14.8 Å². The summed E-state index contributed by atoms with van der Waals surface area (Å²) in [5.41, 5.74) is -0.329. The number of hydrogen-bond acceptors (Lipinski definition) is 6. The maximum absolute atomic E-state index is 12.8. The Labute approximate surface area is 137 Å². The molecule has 8 heteroatoms. The van der Waals surface area contributed by atoms with E-state index in [0.717, 1.165) is 10.6 Å². The van der Waals surface area contributed by atoms with Gasteiger partial charge in [0.2, 0.25) is 27.7 Å². The summed E-state index contributed by atoms with van der Waals surface area (Å²) in [6, 6.07) is 2.92. The van der Waals surface area contributed by atoms with Crippen molar-refractivity contribution in [2.45, 2.75) is 27.7 Å². The second-order valence-electron chi connectivity index (χ2n) is 6.34. The summed E-state index contributed by atoms with van der Waals surface area (Å²) in [6.45, 7) is 7.32. The number of methoxy groups -OCH3 is 2. The normalized spacial score (nSPS) is 13.3. The van der Waals surface area contributed by atoms with Crippen LogP contribution in [0.2, 0.25) is 0 Å². The third kappa shape index (κ3) is 4.34. The van der Waals surface area contributed by atoms with Gasteiger partial charge >= 0.3 is 0 Å². The van der Waals surface area contributed by atoms with Crippen LogP contribution < -0.4 is 13.8 Å². The molecule has 1 heterocycles. The first kappa shape index (κ1) is 19.2. The summed E-state index contributed by atoms with van der Waals surface area (Å²) in [5.74, 6) is -0.797. The van der Waals surface area contributed by atoms with Crippen molar-refractivity contribution >= 4 is 21.6 Å². The van der Waals surface area contributed by atoms with Gasteiger partial charge in [0.15, 0.2) is 0 Å². The first-order valence-corrected chi connectivity index (χ1v) is 8.91. The molecule has 1 rings (SSSR count). The molecule has 1 atom stereocenters. The second-order valence-corrected chi connectivity index (χ2v) is 8.17. The Balaban J connectivity index is 3.49. The van der Waals surface area contributed by atoms with E-state index in [9.17, 15) is 13.2 Å². The summed E-state index contributed by atoms with van der Waals surface area (Å²) in [7, 11) is -1.07. The SMILES string of the molecule is COc1ccc(N(C(=O)C(C)C(C)(C)C)S(C)(=O)=O)c(OC)n1. The summed E-state index contributed by atoms with van der Waals surface area (Å²) in [4.78, 5) is 16.8. The van der Waals surface area contributed by atoms with E-state index in [-0.39, 0.29) is 17.4 Å². The number of sulfonamides is 1. The molecule has 1 aromatic heterocycles. The van der Waals surface area contributed by atoms with Crippen molar-refractivity contribution < 1.29 is 22.7 Å². The molecule has 0 radical (unpaired) electrons. The van der Waals surface area contributed by atoms with E-state index in [1.807, 2.05) is 20.8 Å². The molecule has 0 aliphatic rings. The first-order valence-electron chi connectivity index (χ1n) is 7.06. The molecular formula is C15H24N2O5S. The summed E-state index contributed by atoms with van der Waals surface area (Å²) < 4.78 is 35.3. The highest BCUT2D eigenvalue weighted by Crippen LogP contribution is 2.34. The molecular weight excluding hydrogens is 320 g/mol. The first-order chi connectivity index (χ1) is 10.4. The average molecular weight is 344 g/mol. The molecule has 7 nitrogen and oxygen atoms in total. The number of rotatable bonds is 5. The van der Waals surface area contributed by atoms with Crippen LogP contribution in [0, 0.1) is 11.3 Å². The molecule has 1 aromatic rings. The molecule has 0 N–H and O–H groups in total. The number of hydrogen-bond donors (Lipinski definition) is 0. The molecule has 0 aromatic carbocycles. The standard InChI is InChI=1S/C15H24N2O5S/c1-10(15(2,3)4)14(18)17(23(7,19)20)11-8-9-12(21-5)16-13(11)22-6/h8-10H,1-7H3. The highest BCUT2D eigenvalue weighted by Gasteiger charge is 2.37. The van der Waals surface area contributed by atoms with Crippen LogP contribution in [0.3, 0.4) is 0 Å². The van der Waals surface area contributed by atoms with Crippen LogP contribution in [-0.4, -0.2) is 39.8 Å². The van der Waals surface area contributed by atoms with Crippen molar-refractivity contribution in [3.63, 3.8) is 0 Å². The van der Waals surface area contributed by atoms with Gasteiger partial charge < -0.3 is 9.47 Å². The van der Waals surface area contributed by atoms with Crippen molar-refractivity contribution in [2.75, 3.05) is 24.8 Å². The molecule has 0 saturated heterocycles. The minimum Gasteiger partial charge on any atom is -0.481 e. The van der Waals surface area contributed by atoms with E-state index in [1.54, 1.807) is 6.92 Å². The predicted octanol–water partition coefficient (Wildman–Crippen LogP) is 2.07. The molecule has 1 unspecified atom stereocenters. The lowest BCUT2D eigenvalue weighted by Crippen LogP contribution is -2.43. The van der Waals surface area contributed by atoms with Crippen molar-refractivity contribution in [1.82, 2.24) is 4.98 Å². The molecule has 0 saturated carbocycles. The lowest BCUT2D eigenvalue weighted by Gasteiger charge is -2.31. The monoisotopic (exact) mass is 344 g/mol. The number of nitrogens with zero attached hydrogens (tertiary/aromatic N) is 2. The zero-order valence-corrected chi connectivity index (χ0v) is 15.4. The van der Waals surface area contributed by atoms with Crippen LogP contribution in [0.15, 0.2) is 12.1 Å². The maximum atomic E-state index is 12.8. The lowest BCUT2D eigenvalue weighted by molar-refractivity contribution is -0.123. The van der Waals surface area contributed by atoms with Gasteiger partial charge in [-0.15, -0.1) is 0 Å². The van der Waals surface area contributed by atoms with Gasteiger partial charge in [-0.25, -0.2) is 12.7 Å². The van der Waals surface area contributed by atoms with Crippen LogP contribution >= 0.6 is 0 Å². The number of carbonyl (C=O) groups is 1. The molecule has 23 heavy (non-hydrogen) atoms. The Kier molecular flexibility index (Phi) is 5.63. The summed E-state index contributed by atoms with van der Waals surface area (Å²) in [6.07, 6.45) is 0.976. The fraction of sp³-hybridized carbons (Fsp3) is 0.600. The minimum atomic E-state index is -3.85. The Morgan fingerprint density at radius 3 is 2.17 bits per heavy atom. The average Bonchev–Trinajstić information content (AvgIpc) is 2.44. The van der Waals surface area contributed by atoms with Crippen LogP contribution in [0.25, 0.3) is 0 Å². The van der Waals surface area contributed by atoms with Gasteiger partial charge in [-0.3, -0.25) is 4.79 Å². The number of amides is 1. The number of anilines is 1. The van der Waals surface area contributed by atoms with Crippen LogP contribution in [0.5, 0.6) is 11.8 Å². The summed E-state index contributed by atoms with van der Waals surface area (Å²) >= 11 is 0. The van der Waals surface area contributed by atoms with E-state index in [0.29, 0.717) is 0 Å². The van der Waals surface area contributed by atoms with Gasteiger partial charge in [-0.2, -0.15) is 4.98 Å². The Bertz CT molecular complexity index is 680. The van der Waals surface area contributed by atoms with E-state index in [1.165, 1.54) is 26.4 Å². The smallest absolute Gasteiger partial charge is 0.244 e. The maximum Gasteiger partial charge on any atom is 0.244 e. The molecule has 1 amide bonds. The molecule has 130 valence electrons. The molecule has 0 spiro atoms. The van der Waals surface area contributed by atoms with Gasteiger partial charge in [-0.05, 0) is 11.5 Å². The van der Waals surface area contributed by atoms with Crippen LogP contribution in [0.4, 0.5) is 5.69 Å². The van der Waals surface area contributed by atoms with Crippen molar-refractivity contribution in [2.24, 2.45) is 11.3 Å². The van der Waals surface area contributed by atoms with Crippen molar-refractivity contribution in [3.05, 3.63) is 12.1 Å². The van der Waals surface area contributed by atoms with E-state index >= 15 is 0 Å². The fourth-order valence-electron chi connectivity index (χ4n) is 1.84. The second kappa shape index (κ2) is 6.74. The minimum absolute atomic E-state index is 0.00392. The fourth-order valence-corrected chi connectivity index (χ4v) is 2.82. The van der Waals surface area contributed by atoms with Crippen LogP contribution in [0.1, 0.15) is 27.7 Å². The highest BCUT2D eigenvalue weighted by atomic mass is 32.2. The van der Waals surface area contributed by atoms with Gasteiger partial charge in [0.05, 0.1) is 20.5 Å². The quantitative estimate of drug-likeness (QED) is 0.813. The lowest BCUT2D eigenvalue weighted by atomic mass is 9.81. The van der Waals surface area contributed by atoms with Gasteiger partial charge in [0.25, 0.3) is 0 Å². The van der Waals surface area contributed by atoms with Crippen molar-refractivity contribution in [3.8, 4) is 11.8 Å². The van der Waals surface area contributed by atoms with Gasteiger partial charge in [0, 0.05) is 12.0 Å². The van der Waals surface area contributed by atoms with Crippen molar-refractivity contribution in [1.29, 1.82) is 0 Å². The van der Waals surface area contributed by atoms with Gasteiger partial charge in [-0.1, -0.05) is 27.7 Å². The predicted molar refractivity (Wildman–Crippen MR) is 88.3 cm³/mol. The number of ether oxygens (including phenoxy) is 2. The Hall–Kier alpha value is -1.83. The number of aromatic nitrogens is 1. The largest absolute Gasteiger partial charge is 0.481 e. The topological polar surface area (TPSA) is 85.8 Å². The number of carbonyl (C=O) groups excluding carboxylic acids is 1. The summed E-state index contributed by atoms with van der Waals surface area (Å²) in [5, 5.41) is 0. The van der Waals surface area contributed by atoms with E-state index in [2.05, 4.69) is 4.98 Å². The zero-order chi connectivity index (χ0) is 18.0.